The highest BCUT2D eigenvalue weighted by molar-refractivity contribution is 7.18. The molecule has 4 rings (SSSR count). The number of carbonyl (C=O) groups excluding carboxylic acids is 1. The molecule has 2 aromatic carbocycles. The topological polar surface area (TPSA) is 83.6 Å². The molecule has 0 aliphatic carbocycles. The van der Waals surface area contributed by atoms with E-state index < -0.39 is 0 Å². The van der Waals surface area contributed by atoms with Gasteiger partial charge in [-0.2, -0.15) is 15.4 Å². The van der Waals surface area contributed by atoms with Crippen molar-refractivity contribution in [3.63, 3.8) is 0 Å². The van der Waals surface area contributed by atoms with Crippen molar-refractivity contribution in [1.29, 1.82) is 0 Å². The molecule has 7 heteroatoms. The van der Waals surface area contributed by atoms with E-state index in [1.165, 1.54) is 0 Å². The molecule has 4 aromatic rings. The van der Waals surface area contributed by atoms with Gasteiger partial charge >= 0.3 is 0 Å². The largest absolute Gasteiger partial charge is 0.346 e. The summed E-state index contributed by atoms with van der Waals surface area (Å²) in [5, 5.41) is 14.2. The number of fused-ring (bicyclic) bond motifs is 2. The Balaban J connectivity index is 1.51. The zero-order valence-electron chi connectivity index (χ0n) is 11.4. The van der Waals surface area contributed by atoms with E-state index in [0.717, 1.165) is 20.7 Å². The molecule has 2 aromatic heterocycles. The van der Waals surface area contributed by atoms with Crippen LogP contribution in [0, 0.1) is 0 Å². The molecular formula is C15H11N5OS. The summed E-state index contributed by atoms with van der Waals surface area (Å²) in [6, 6.07) is 13.1. The zero-order valence-corrected chi connectivity index (χ0v) is 12.2. The van der Waals surface area contributed by atoms with E-state index in [4.69, 9.17) is 0 Å². The second kappa shape index (κ2) is 5.19. The summed E-state index contributed by atoms with van der Waals surface area (Å²) >= 11 is 1.59. The van der Waals surface area contributed by atoms with Crippen molar-refractivity contribution in [3.8, 4) is 0 Å². The van der Waals surface area contributed by atoms with Crippen LogP contribution < -0.4 is 5.32 Å². The van der Waals surface area contributed by atoms with Crippen LogP contribution in [0.1, 0.15) is 15.4 Å². The summed E-state index contributed by atoms with van der Waals surface area (Å²) in [6.45, 7) is 0.412. The molecule has 2 heterocycles. The molecule has 0 spiro atoms. The smallest absolute Gasteiger partial charge is 0.251 e. The molecule has 108 valence electrons. The number of amides is 1. The van der Waals surface area contributed by atoms with Gasteiger partial charge in [0.1, 0.15) is 16.0 Å². The molecule has 0 unspecified atom stereocenters. The van der Waals surface area contributed by atoms with E-state index in [1.54, 1.807) is 29.5 Å². The number of aromatic amines is 1. The fraction of sp³-hybridized carbons (Fsp3) is 0.0667. The Morgan fingerprint density at radius 1 is 1.09 bits per heavy atom. The predicted octanol–water partition coefficient (Wildman–Crippen LogP) is 2.50. The third kappa shape index (κ3) is 2.31. The van der Waals surface area contributed by atoms with Crippen LogP contribution >= 0.6 is 11.3 Å². The molecule has 22 heavy (non-hydrogen) atoms. The Morgan fingerprint density at radius 2 is 1.95 bits per heavy atom. The molecule has 0 atom stereocenters. The van der Waals surface area contributed by atoms with E-state index in [2.05, 4.69) is 25.7 Å². The number of thiazole rings is 1. The molecular weight excluding hydrogens is 298 g/mol. The Kier molecular flexibility index (Phi) is 3.05. The molecule has 0 saturated carbocycles. The third-order valence-corrected chi connectivity index (χ3v) is 4.35. The van der Waals surface area contributed by atoms with Gasteiger partial charge in [0, 0.05) is 5.56 Å². The summed E-state index contributed by atoms with van der Waals surface area (Å²) in [5.74, 6) is -0.149. The number of carbonyl (C=O) groups is 1. The average molecular weight is 309 g/mol. The fourth-order valence-corrected chi connectivity index (χ4v) is 3.14. The van der Waals surface area contributed by atoms with Crippen molar-refractivity contribution in [2.24, 2.45) is 0 Å². The molecule has 1 amide bonds. The quantitative estimate of drug-likeness (QED) is 0.609. The van der Waals surface area contributed by atoms with Crippen molar-refractivity contribution < 1.29 is 4.79 Å². The SMILES string of the molecule is O=C(NCc1nc2ccccc2s1)c1ccc2n[nH]nc2c1. The highest BCUT2D eigenvalue weighted by Gasteiger charge is 2.09. The molecule has 0 bridgehead atoms. The Hall–Kier alpha value is -2.80. The molecule has 0 fully saturated rings. The first-order valence-corrected chi connectivity index (χ1v) is 7.54. The molecule has 0 aliphatic rings. The van der Waals surface area contributed by atoms with Gasteiger partial charge in [0.25, 0.3) is 5.91 Å². The number of hydrogen-bond acceptors (Lipinski definition) is 5. The van der Waals surface area contributed by atoms with Crippen molar-refractivity contribution in [2.45, 2.75) is 6.54 Å². The van der Waals surface area contributed by atoms with Gasteiger partial charge in [-0.05, 0) is 30.3 Å². The van der Waals surface area contributed by atoms with Gasteiger partial charge in [-0.3, -0.25) is 4.79 Å². The fourth-order valence-electron chi connectivity index (χ4n) is 2.23. The van der Waals surface area contributed by atoms with Crippen molar-refractivity contribution in [1.82, 2.24) is 25.7 Å². The van der Waals surface area contributed by atoms with E-state index >= 15 is 0 Å². The lowest BCUT2D eigenvalue weighted by molar-refractivity contribution is 0.0951. The van der Waals surface area contributed by atoms with Crippen LogP contribution in [0.2, 0.25) is 0 Å². The predicted molar refractivity (Wildman–Crippen MR) is 84.7 cm³/mol. The monoisotopic (exact) mass is 309 g/mol. The maximum atomic E-state index is 12.2. The molecule has 6 nitrogen and oxygen atoms in total. The third-order valence-electron chi connectivity index (χ3n) is 3.32. The number of hydrogen-bond donors (Lipinski definition) is 2. The summed E-state index contributed by atoms with van der Waals surface area (Å²) < 4.78 is 1.12. The minimum absolute atomic E-state index is 0.149. The highest BCUT2D eigenvalue weighted by Crippen LogP contribution is 2.21. The Morgan fingerprint density at radius 3 is 2.86 bits per heavy atom. The first-order chi connectivity index (χ1) is 10.8. The molecule has 0 saturated heterocycles. The second-order valence-electron chi connectivity index (χ2n) is 4.79. The number of para-hydroxylation sites is 1. The number of H-pyrrole nitrogens is 1. The second-order valence-corrected chi connectivity index (χ2v) is 5.90. The number of rotatable bonds is 3. The van der Waals surface area contributed by atoms with E-state index in [9.17, 15) is 4.79 Å². The van der Waals surface area contributed by atoms with Crippen molar-refractivity contribution in [3.05, 3.63) is 53.0 Å². The van der Waals surface area contributed by atoms with Crippen molar-refractivity contribution >= 4 is 38.5 Å². The van der Waals surface area contributed by atoms with Crippen LogP contribution in [-0.2, 0) is 6.54 Å². The lowest BCUT2D eigenvalue weighted by atomic mass is 10.2. The van der Waals surface area contributed by atoms with Gasteiger partial charge in [-0.15, -0.1) is 11.3 Å². The molecule has 2 N–H and O–H groups in total. The van der Waals surface area contributed by atoms with Crippen molar-refractivity contribution in [2.75, 3.05) is 0 Å². The molecule has 0 radical (unpaired) electrons. The summed E-state index contributed by atoms with van der Waals surface area (Å²) in [4.78, 5) is 16.7. The number of aromatic nitrogens is 4. The Bertz CT molecular complexity index is 941. The van der Waals surface area contributed by atoms with Gasteiger partial charge in [0.15, 0.2) is 0 Å². The first-order valence-electron chi connectivity index (χ1n) is 6.73. The van der Waals surface area contributed by atoms with Crippen LogP contribution in [-0.4, -0.2) is 26.3 Å². The van der Waals surface area contributed by atoms with Gasteiger partial charge in [-0.1, -0.05) is 12.1 Å². The van der Waals surface area contributed by atoms with E-state index in [1.807, 2.05) is 24.3 Å². The van der Waals surface area contributed by atoms with Crippen LogP contribution in [0.25, 0.3) is 21.3 Å². The van der Waals surface area contributed by atoms with Gasteiger partial charge in [0.05, 0.1) is 16.8 Å². The van der Waals surface area contributed by atoms with E-state index in [-0.39, 0.29) is 5.91 Å². The first kappa shape index (κ1) is 12.9. The summed E-state index contributed by atoms with van der Waals surface area (Å²) in [7, 11) is 0. The lowest BCUT2D eigenvalue weighted by Gasteiger charge is -2.02. The number of benzene rings is 2. The lowest BCUT2D eigenvalue weighted by Crippen LogP contribution is -2.22. The van der Waals surface area contributed by atoms with Crippen LogP contribution in [0.3, 0.4) is 0 Å². The standard InChI is InChI=1S/C15H11N5OS/c21-15(9-5-6-10-12(7-9)19-20-18-10)16-8-14-17-11-3-1-2-4-13(11)22-14/h1-7H,8H2,(H,16,21)(H,18,19,20). The van der Waals surface area contributed by atoms with Crippen LogP contribution in [0.4, 0.5) is 0 Å². The average Bonchev–Trinajstić information content (AvgIpc) is 3.17. The molecule has 0 aliphatic heterocycles. The van der Waals surface area contributed by atoms with Crippen LogP contribution in [0.5, 0.6) is 0 Å². The highest BCUT2D eigenvalue weighted by atomic mass is 32.1. The maximum Gasteiger partial charge on any atom is 0.251 e. The van der Waals surface area contributed by atoms with Gasteiger partial charge < -0.3 is 5.32 Å². The minimum Gasteiger partial charge on any atom is -0.346 e. The number of nitrogens with zero attached hydrogens (tertiary/aromatic N) is 3. The van der Waals surface area contributed by atoms with Gasteiger partial charge in [0.2, 0.25) is 0 Å². The minimum atomic E-state index is -0.149. The summed E-state index contributed by atoms with van der Waals surface area (Å²) in [5.41, 5.74) is 2.93. The normalized spacial score (nSPS) is 11.1. The zero-order chi connectivity index (χ0) is 14.9. The Labute approximate surface area is 129 Å². The van der Waals surface area contributed by atoms with Crippen LogP contribution in [0.15, 0.2) is 42.5 Å². The maximum absolute atomic E-state index is 12.2. The van der Waals surface area contributed by atoms with Gasteiger partial charge in [-0.25, -0.2) is 4.98 Å². The summed E-state index contributed by atoms with van der Waals surface area (Å²) in [6.07, 6.45) is 0. The van der Waals surface area contributed by atoms with E-state index in [0.29, 0.717) is 17.6 Å². The number of nitrogens with one attached hydrogen (secondary N) is 2.